The van der Waals surface area contributed by atoms with Gasteiger partial charge in [-0.05, 0) is 56.3 Å². The van der Waals surface area contributed by atoms with Crippen molar-refractivity contribution in [2.45, 2.75) is 58.2 Å². The Morgan fingerprint density at radius 3 is 2.70 bits per heavy atom. The molecule has 0 bridgehead atoms. The minimum absolute atomic E-state index is 0.153. The summed E-state index contributed by atoms with van der Waals surface area (Å²) in [6.07, 6.45) is 2.80. The van der Waals surface area contributed by atoms with Crippen LogP contribution in [-0.2, 0) is 22.6 Å². The van der Waals surface area contributed by atoms with Crippen LogP contribution in [0.4, 0.5) is 4.39 Å². The van der Waals surface area contributed by atoms with Crippen molar-refractivity contribution in [1.29, 1.82) is 0 Å². The van der Waals surface area contributed by atoms with Crippen LogP contribution in [0.5, 0.6) is 0 Å². The van der Waals surface area contributed by atoms with Crippen LogP contribution in [0.1, 0.15) is 56.0 Å². The van der Waals surface area contributed by atoms with Gasteiger partial charge in [-0.2, -0.15) is 5.21 Å². The highest BCUT2D eigenvalue weighted by Crippen LogP contribution is 2.31. The number of halogens is 1. The average molecular weight is 420 g/mol. The van der Waals surface area contributed by atoms with Gasteiger partial charge in [-0.15, -0.1) is 10.2 Å². The second-order valence-electron chi connectivity index (χ2n) is 8.34. The summed E-state index contributed by atoms with van der Waals surface area (Å²) in [6.45, 7) is 6.02. The first-order valence-corrected chi connectivity index (χ1v) is 10.5. The molecule has 8 nitrogen and oxygen atoms in total. The number of hydrogen-bond acceptors (Lipinski definition) is 6. The molecule has 2 heterocycles. The molecule has 164 valence electrons. The zero-order chi connectivity index (χ0) is 21.5. The molecule has 1 aliphatic rings. The second-order valence-corrected chi connectivity index (χ2v) is 8.34. The lowest BCUT2D eigenvalue weighted by atomic mass is 9.81. The number of aliphatic carboxylic acids is 1. The fraction of sp³-hybridized carbons (Fsp3) is 0.619. The summed E-state index contributed by atoms with van der Waals surface area (Å²) in [5, 5.41) is 27.1. The van der Waals surface area contributed by atoms with Gasteiger partial charge in [0.05, 0.1) is 18.6 Å². The highest BCUT2D eigenvalue weighted by Gasteiger charge is 2.33. The zero-order valence-corrected chi connectivity index (χ0v) is 17.5. The summed E-state index contributed by atoms with van der Waals surface area (Å²) >= 11 is 0. The molecule has 9 heteroatoms. The molecule has 1 aromatic carbocycles. The molecule has 1 fully saturated rings. The van der Waals surface area contributed by atoms with Crippen LogP contribution in [-0.4, -0.2) is 50.9 Å². The predicted octanol–water partition coefficient (Wildman–Crippen LogP) is 2.68. The molecule has 0 radical (unpaired) electrons. The summed E-state index contributed by atoms with van der Waals surface area (Å²) in [4.78, 5) is 11.9. The fourth-order valence-electron chi connectivity index (χ4n) is 3.94. The van der Waals surface area contributed by atoms with Crippen molar-refractivity contribution in [3.8, 4) is 0 Å². The molecule has 0 spiro atoms. The summed E-state index contributed by atoms with van der Waals surface area (Å²) in [7, 11) is 0. The number of carboxylic acid groups (broad SMARTS) is 1. The standard InChI is InChI=1S/C21H30FN5O3/c1-13(2)9-18(21(28)29)17(20-24-26-27-25-20)10-14-3-4-15(19(22)11-14)12-30-16-5-7-23-8-6-16/h3-4,11,13,16-18,23H,5-10,12H2,1-2H3,(H,28,29)(H,24,25,26,27)/t17-,18-/m0/s1. The van der Waals surface area contributed by atoms with E-state index in [2.05, 4.69) is 25.9 Å². The SMILES string of the molecule is CC(C)C[C@H](C(=O)O)[C@H](Cc1ccc(COC2CCNCC2)c(F)c1)c1nn[nH]n1. The Bertz CT molecular complexity index is 809. The molecule has 2 aromatic rings. The summed E-state index contributed by atoms with van der Waals surface area (Å²) in [6, 6.07) is 5.01. The minimum Gasteiger partial charge on any atom is -0.481 e. The van der Waals surface area contributed by atoms with Crippen LogP contribution >= 0.6 is 0 Å². The lowest BCUT2D eigenvalue weighted by molar-refractivity contribution is -0.143. The number of piperidine rings is 1. The second kappa shape index (κ2) is 10.6. The maximum absolute atomic E-state index is 14.7. The molecule has 0 aliphatic carbocycles. The van der Waals surface area contributed by atoms with E-state index in [9.17, 15) is 14.3 Å². The lowest BCUT2D eigenvalue weighted by Crippen LogP contribution is -2.32. The van der Waals surface area contributed by atoms with Crippen LogP contribution in [0, 0.1) is 17.7 Å². The van der Waals surface area contributed by atoms with Gasteiger partial charge in [0.1, 0.15) is 5.82 Å². The van der Waals surface area contributed by atoms with E-state index in [1.807, 2.05) is 19.9 Å². The Morgan fingerprint density at radius 2 is 2.10 bits per heavy atom. The largest absolute Gasteiger partial charge is 0.481 e. The van der Waals surface area contributed by atoms with E-state index < -0.39 is 17.8 Å². The molecule has 0 amide bonds. The van der Waals surface area contributed by atoms with Crippen molar-refractivity contribution >= 4 is 5.97 Å². The van der Waals surface area contributed by atoms with Crippen molar-refractivity contribution in [3.05, 3.63) is 41.0 Å². The van der Waals surface area contributed by atoms with Gasteiger partial charge < -0.3 is 15.2 Å². The maximum atomic E-state index is 14.7. The Hall–Kier alpha value is -2.39. The Kier molecular flexibility index (Phi) is 7.87. The van der Waals surface area contributed by atoms with Crippen molar-refractivity contribution in [2.24, 2.45) is 11.8 Å². The lowest BCUT2D eigenvalue weighted by Gasteiger charge is -2.24. The topological polar surface area (TPSA) is 113 Å². The van der Waals surface area contributed by atoms with E-state index in [1.165, 1.54) is 6.07 Å². The van der Waals surface area contributed by atoms with Crippen LogP contribution in [0.25, 0.3) is 0 Å². The summed E-state index contributed by atoms with van der Waals surface area (Å²) in [5.74, 6) is -1.92. The van der Waals surface area contributed by atoms with Crippen molar-refractivity contribution < 1.29 is 19.0 Å². The maximum Gasteiger partial charge on any atom is 0.307 e. The van der Waals surface area contributed by atoms with Gasteiger partial charge in [0.2, 0.25) is 0 Å². The quantitative estimate of drug-likeness (QED) is 0.543. The third kappa shape index (κ3) is 6.06. The summed E-state index contributed by atoms with van der Waals surface area (Å²) in [5.41, 5.74) is 1.20. The van der Waals surface area contributed by atoms with E-state index >= 15 is 0 Å². The number of carboxylic acids is 1. The smallest absolute Gasteiger partial charge is 0.307 e. The molecule has 3 N–H and O–H groups in total. The highest BCUT2D eigenvalue weighted by atomic mass is 19.1. The number of aromatic amines is 1. The molecular weight excluding hydrogens is 389 g/mol. The predicted molar refractivity (Wildman–Crippen MR) is 108 cm³/mol. The van der Waals surface area contributed by atoms with E-state index in [0.29, 0.717) is 29.8 Å². The monoisotopic (exact) mass is 419 g/mol. The zero-order valence-electron chi connectivity index (χ0n) is 17.5. The van der Waals surface area contributed by atoms with Crippen LogP contribution < -0.4 is 5.32 Å². The van der Waals surface area contributed by atoms with Crippen molar-refractivity contribution in [3.63, 3.8) is 0 Å². The van der Waals surface area contributed by atoms with Gasteiger partial charge in [-0.3, -0.25) is 4.79 Å². The Morgan fingerprint density at radius 1 is 1.33 bits per heavy atom. The number of aromatic nitrogens is 4. The molecule has 0 saturated carbocycles. The first kappa shape index (κ1) is 22.3. The number of tetrazole rings is 1. The van der Waals surface area contributed by atoms with Gasteiger partial charge in [0.15, 0.2) is 5.82 Å². The van der Waals surface area contributed by atoms with Gasteiger partial charge in [0.25, 0.3) is 0 Å². The van der Waals surface area contributed by atoms with Crippen LogP contribution in [0.3, 0.4) is 0 Å². The molecule has 1 aliphatic heterocycles. The third-order valence-corrected chi connectivity index (χ3v) is 5.56. The van der Waals surface area contributed by atoms with Crippen LogP contribution in [0.2, 0.25) is 0 Å². The first-order valence-electron chi connectivity index (χ1n) is 10.5. The molecule has 1 aromatic heterocycles. The van der Waals surface area contributed by atoms with E-state index in [1.54, 1.807) is 6.07 Å². The third-order valence-electron chi connectivity index (χ3n) is 5.56. The number of rotatable bonds is 10. The van der Waals surface area contributed by atoms with Gasteiger partial charge >= 0.3 is 5.97 Å². The minimum atomic E-state index is -0.911. The fourth-order valence-corrected chi connectivity index (χ4v) is 3.94. The van der Waals surface area contributed by atoms with E-state index in [-0.39, 0.29) is 24.4 Å². The Balaban J connectivity index is 1.72. The number of H-pyrrole nitrogens is 1. The molecule has 1 saturated heterocycles. The molecule has 3 rings (SSSR count). The van der Waals surface area contributed by atoms with E-state index in [4.69, 9.17) is 4.74 Å². The number of hydrogen-bond donors (Lipinski definition) is 3. The molecule has 30 heavy (non-hydrogen) atoms. The molecule has 0 unspecified atom stereocenters. The van der Waals surface area contributed by atoms with Gasteiger partial charge in [-0.25, -0.2) is 4.39 Å². The van der Waals surface area contributed by atoms with E-state index in [0.717, 1.165) is 25.9 Å². The normalized spacial score (nSPS) is 17.2. The first-order chi connectivity index (χ1) is 14.4. The molecular formula is C21H30FN5O3. The van der Waals surface area contributed by atoms with Crippen molar-refractivity contribution in [1.82, 2.24) is 25.9 Å². The molecule has 2 atom stereocenters. The number of nitrogens with one attached hydrogen (secondary N) is 2. The number of ether oxygens (including phenoxy) is 1. The number of benzene rings is 1. The summed E-state index contributed by atoms with van der Waals surface area (Å²) < 4.78 is 20.6. The van der Waals surface area contributed by atoms with Crippen molar-refractivity contribution in [2.75, 3.05) is 13.1 Å². The average Bonchev–Trinajstić information content (AvgIpc) is 3.25. The Labute approximate surface area is 175 Å². The highest BCUT2D eigenvalue weighted by molar-refractivity contribution is 5.71. The number of nitrogens with zero attached hydrogens (tertiary/aromatic N) is 3. The number of carbonyl (C=O) groups is 1. The van der Waals surface area contributed by atoms with Gasteiger partial charge in [-0.1, -0.05) is 31.2 Å². The van der Waals surface area contributed by atoms with Gasteiger partial charge in [0, 0.05) is 11.5 Å². The van der Waals surface area contributed by atoms with Crippen LogP contribution in [0.15, 0.2) is 18.2 Å².